The summed E-state index contributed by atoms with van der Waals surface area (Å²) in [5.41, 5.74) is 0. The summed E-state index contributed by atoms with van der Waals surface area (Å²) in [6, 6.07) is 0.438. The van der Waals surface area contributed by atoms with E-state index in [1.165, 1.54) is 9.78 Å². The van der Waals surface area contributed by atoms with E-state index in [2.05, 4.69) is 24.1 Å². The lowest BCUT2D eigenvalue weighted by molar-refractivity contribution is -0.148. The Balaban J connectivity index is 1.78. The van der Waals surface area contributed by atoms with Crippen LogP contribution in [0.2, 0.25) is 0 Å². The molecule has 1 aromatic heterocycles. The Bertz CT molecular complexity index is 439. The second-order valence-electron chi connectivity index (χ2n) is 5.57. The monoisotopic (exact) mass is 321 g/mol. The van der Waals surface area contributed by atoms with Crippen molar-refractivity contribution in [3.63, 3.8) is 0 Å². The Morgan fingerprint density at radius 3 is 2.62 bits per heavy atom. The van der Waals surface area contributed by atoms with Crippen molar-refractivity contribution in [1.29, 1.82) is 0 Å². The minimum absolute atomic E-state index is 0.162. The third kappa shape index (κ3) is 5.23. The number of alkyl halides is 3. The fourth-order valence-corrected chi connectivity index (χ4v) is 3.49. The zero-order valence-corrected chi connectivity index (χ0v) is 13.2. The maximum absolute atomic E-state index is 12.3. The number of halogens is 3. The molecule has 1 N–H and O–H groups in total. The molecule has 1 aliphatic rings. The first-order valence-electron chi connectivity index (χ1n) is 7.37. The van der Waals surface area contributed by atoms with Gasteiger partial charge in [-0.3, -0.25) is 4.90 Å². The van der Waals surface area contributed by atoms with E-state index in [-0.39, 0.29) is 12.1 Å². The van der Waals surface area contributed by atoms with Gasteiger partial charge >= 0.3 is 6.18 Å². The summed E-state index contributed by atoms with van der Waals surface area (Å²) in [4.78, 5) is 7.16. The number of likely N-dealkylation sites (tertiary alicyclic amines) is 1. The molecule has 0 radical (unpaired) electrons. The van der Waals surface area contributed by atoms with Gasteiger partial charge in [0.25, 0.3) is 0 Å². The highest BCUT2D eigenvalue weighted by Crippen LogP contribution is 2.23. The number of nitrogens with zero attached hydrogens (tertiary/aromatic N) is 2. The van der Waals surface area contributed by atoms with E-state index in [0.717, 1.165) is 24.3 Å². The SMILES string of the molecule is CCc1cnc(C(C)NC2CCN(CC(F)(F)F)CC2)s1. The highest BCUT2D eigenvalue weighted by Gasteiger charge is 2.32. The van der Waals surface area contributed by atoms with E-state index in [9.17, 15) is 13.2 Å². The second-order valence-corrected chi connectivity index (χ2v) is 6.72. The van der Waals surface area contributed by atoms with E-state index in [1.54, 1.807) is 11.3 Å². The molecule has 1 unspecified atom stereocenters. The van der Waals surface area contributed by atoms with E-state index in [1.807, 2.05) is 6.20 Å². The van der Waals surface area contributed by atoms with Crippen LogP contribution in [0.5, 0.6) is 0 Å². The van der Waals surface area contributed by atoms with Crippen molar-refractivity contribution in [3.8, 4) is 0 Å². The van der Waals surface area contributed by atoms with Crippen LogP contribution in [-0.4, -0.2) is 41.7 Å². The summed E-state index contributed by atoms with van der Waals surface area (Å²) < 4.78 is 37.0. The predicted octanol–water partition coefficient (Wildman–Crippen LogP) is 3.38. The first-order valence-corrected chi connectivity index (χ1v) is 8.18. The topological polar surface area (TPSA) is 28.2 Å². The van der Waals surface area contributed by atoms with Crippen LogP contribution in [0.4, 0.5) is 13.2 Å². The molecule has 120 valence electrons. The van der Waals surface area contributed by atoms with Gasteiger partial charge in [-0.05, 0) is 39.3 Å². The molecular weight excluding hydrogens is 299 g/mol. The van der Waals surface area contributed by atoms with Crippen LogP contribution in [0.3, 0.4) is 0 Å². The lowest BCUT2D eigenvalue weighted by Gasteiger charge is -2.33. The number of aromatic nitrogens is 1. The summed E-state index contributed by atoms with van der Waals surface area (Å²) in [7, 11) is 0. The van der Waals surface area contributed by atoms with Crippen LogP contribution in [0, 0.1) is 0 Å². The number of hydrogen-bond donors (Lipinski definition) is 1. The lowest BCUT2D eigenvalue weighted by Crippen LogP contribution is -2.46. The fourth-order valence-electron chi connectivity index (χ4n) is 2.62. The van der Waals surface area contributed by atoms with Crippen molar-refractivity contribution in [1.82, 2.24) is 15.2 Å². The second kappa shape index (κ2) is 7.07. The predicted molar refractivity (Wildman–Crippen MR) is 78.6 cm³/mol. The quantitative estimate of drug-likeness (QED) is 0.901. The van der Waals surface area contributed by atoms with Crippen molar-refractivity contribution in [2.24, 2.45) is 0 Å². The summed E-state index contributed by atoms with van der Waals surface area (Å²) in [5.74, 6) is 0. The zero-order valence-electron chi connectivity index (χ0n) is 12.4. The molecule has 0 saturated carbocycles. The van der Waals surface area contributed by atoms with Crippen LogP contribution in [0.25, 0.3) is 0 Å². The van der Waals surface area contributed by atoms with E-state index >= 15 is 0 Å². The van der Waals surface area contributed by atoms with Crippen LogP contribution in [0.1, 0.15) is 42.6 Å². The molecule has 2 heterocycles. The van der Waals surface area contributed by atoms with Crippen LogP contribution < -0.4 is 5.32 Å². The van der Waals surface area contributed by atoms with E-state index in [0.29, 0.717) is 13.1 Å². The van der Waals surface area contributed by atoms with Crippen molar-refractivity contribution in [3.05, 3.63) is 16.1 Å². The largest absolute Gasteiger partial charge is 0.401 e. The van der Waals surface area contributed by atoms with E-state index in [4.69, 9.17) is 0 Å². The van der Waals surface area contributed by atoms with Crippen molar-refractivity contribution >= 4 is 11.3 Å². The molecule has 0 bridgehead atoms. The standard InChI is InChI=1S/C14H22F3N3S/c1-3-12-8-18-13(21-12)10(2)19-11-4-6-20(7-5-11)9-14(15,16)17/h8,10-11,19H,3-7,9H2,1-2H3. The summed E-state index contributed by atoms with van der Waals surface area (Å²) in [6.07, 6.45) is 0.314. The molecule has 2 rings (SSSR count). The van der Waals surface area contributed by atoms with Gasteiger partial charge in [0.2, 0.25) is 0 Å². The average Bonchev–Trinajstić information content (AvgIpc) is 2.88. The Morgan fingerprint density at radius 1 is 1.43 bits per heavy atom. The van der Waals surface area contributed by atoms with Gasteiger partial charge in [-0.1, -0.05) is 6.92 Å². The number of hydrogen-bond acceptors (Lipinski definition) is 4. The first kappa shape index (κ1) is 16.7. The Morgan fingerprint density at radius 2 is 2.10 bits per heavy atom. The molecule has 21 heavy (non-hydrogen) atoms. The highest BCUT2D eigenvalue weighted by atomic mass is 32.1. The van der Waals surface area contributed by atoms with Gasteiger partial charge in [-0.25, -0.2) is 4.98 Å². The van der Waals surface area contributed by atoms with Crippen LogP contribution in [-0.2, 0) is 6.42 Å². The molecule has 3 nitrogen and oxygen atoms in total. The third-order valence-electron chi connectivity index (χ3n) is 3.77. The molecule has 0 aliphatic carbocycles. The maximum atomic E-state index is 12.3. The van der Waals surface area contributed by atoms with Gasteiger partial charge in [-0.2, -0.15) is 13.2 Å². The van der Waals surface area contributed by atoms with Crippen molar-refractivity contribution < 1.29 is 13.2 Å². The zero-order chi connectivity index (χ0) is 15.5. The number of aryl methyl sites for hydroxylation is 1. The smallest absolute Gasteiger partial charge is 0.305 e. The first-order chi connectivity index (χ1) is 9.87. The van der Waals surface area contributed by atoms with Crippen LogP contribution in [0.15, 0.2) is 6.20 Å². The normalized spacial score (nSPS) is 19.9. The molecule has 0 amide bonds. The molecule has 1 aromatic rings. The van der Waals surface area contributed by atoms with Gasteiger partial charge < -0.3 is 5.32 Å². The van der Waals surface area contributed by atoms with Gasteiger partial charge in [0.1, 0.15) is 5.01 Å². The molecule has 1 fully saturated rings. The summed E-state index contributed by atoms with van der Waals surface area (Å²) in [6.45, 7) is 4.39. The number of nitrogens with one attached hydrogen (secondary N) is 1. The van der Waals surface area contributed by atoms with Gasteiger partial charge in [0.15, 0.2) is 0 Å². The Hall–Kier alpha value is -0.660. The Kier molecular flexibility index (Phi) is 5.62. The van der Waals surface area contributed by atoms with Gasteiger partial charge in [-0.15, -0.1) is 11.3 Å². The number of rotatable bonds is 5. The molecular formula is C14H22F3N3S. The maximum Gasteiger partial charge on any atom is 0.401 e. The highest BCUT2D eigenvalue weighted by molar-refractivity contribution is 7.11. The lowest BCUT2D eigenvalue weighted by atomic mass is 10.0. The summed E-state index contributed by atoms with van der Waals surface area (Å²) >= 11 is 1.71. The summed E-state index contributed by atoms with van der Waals surface area (Å²) in [5, 5.41) is 4.56. The number of piperidine rings is 1. The van der Waals surface area contributed by atoms with Gasteiger partial charge in [0, 0.05) is 17.1 Å². The minimum atomic E-state index is -4.09. The average molecular weight is 321 g/mol. The van der Waals surface area contributed by atoms with Crippen LogP contribution >= 0.6 is 11.3 Å². The van der Waals surface area contributed by atoms with Crippen molar-refractivity contribution in [2.45, 2.75) is 51.4 Å². The van der Waals surface area contributed by atoms with E-state index < -0.39 is 12.7 Å². The fraction of sp³-hybridized carbons (Fsp3) is 0.786. The molecule has 1 atom stereocenters. The number of thiazole rings is 1. The van der Waals surface area contributed by atoms with Gasteiger partial charge in [0.05, 0.1) is 12.6 Å². The Labute approximate surface area is 127 Å². The molecule has 0 spiro atoms. The minimum Gasteiger partial charge on any atom is -0.305 e. The molecule has 0 aromatic carbocycles. The molecule has 1 aliphatic heterocycles. The van der Waals surface area contributed by atoms with Crippen molar-refractivity contribution in [2.75, 3.05) is 19.6 Å². The molecule has 7 heteroatoms. The molecule has 1 saturated heterocycles. The third-order valence-corrected chi connectivity index (χ3v) is 5.09.